The lowest BCUT2D eigenvalue weighted by Crippen LogP contribution is -2.47. The van der Waals surface area contributed by atoms with Crippen LogP contribution in [0.2, 0.25) is 0 Å². The Balaban J connectivity index is 0.000000774. The molecule has 0 spiro atoms. The fraction of sp³-hybridized carbons (Fsp3) is 0.684. The molecule has 0 aromatic heterocycles. The first-order valence-corrected chi connectivity index (χ1v) is 8.80. The lowest BCUT2D eigenvalue weighted by atomic mass is 9.85. The van der Waals surface area contributed by atoms with Gasteiger partial charge in [0.05, 0.1) is 0 Å². The van der Waals surface area contributed by atoms with E-state index in [9.17, 15) is 0 Å². The number of hydrogen-bond acceptors (Lipinski definition) is 2. The predicted molar refractivity (Wildman–Crippen MR) is 91.6 cm³/mol. The smallest absolute Gasteiger partial charge is 0.0234 e. The molecule has 1 aliphatic heterocycles. The van der Waals surface area contributed by atoms with Crippen LogP contribution in [-0.2, 0) is 6.54 Å². The van der Waals surface area contributed by atoms with Crippen LogP contribution < -0.4 is 0 Å². The van der Waals surface area contributed by atoms with Gasteiger partial charge in [-0.25, -0.2) is 0 Å². The minimum atomic E-state index is 1.02. The fourth-order valence-corrected chi connectivity index (χ4v) is 3.12. The first kappa shape index (κ1) is 16.5. The first-order valence-electron chi connectivity index (χ1n) is 8.80. The van der Waals surface area contributed by atoms with E-state index in [1.54, 1.807) is 0 Å². The summed E-state index contributed by atoms with van der Waals surface area (Å²) >= 11 is 0. The Hall–Kier alpha value is -0.860. The van der Waals surface area contributed by atoms with Crippen molar-refractivity contribution in [1.82, 2.24) is 9.80 Å². The normalized spacial score (nSPS) is 20.5. The van der Waals surface area contributed by atoms with Crippen LogP contribution in [0, 0.1) is 12.8 Å². The van der Waals surface area contributed by atoms with Crippen molar-refractivity contribution in [2.75, 3.05) is 32.7 Å². The zero-order valence-corrected chi connectivity index (χ0v) is 14.1. The quantitative estimate of drug-likeness (QED) is 0.828. The van der Waals surface area contributed by atoms with Crippen molar-refractivity contribution in [3.63, 3.8) is 0 Å². The van der Waals surface area contributed by atoms with Gasteiger partial charge in [-0.1, -0.05) is 50.1 Å². The van der Waals surface area contributed by atoms with Crippen molar-refractivity contribution in [3.05, 3.63) is 35.4 Å². The number of piperazine rings is 1. The van der Waals surface area contributed by atoms with E-state index in [1.165, 1.54) is 63.1 Å². The summed E-state index contributed by atoms with van der Waals surface area (Å²) in [6.45, 7) is 13.6. The van der Waals surface area contributed by atoms with E-state index in [-0.39, 0.29) is 0 Å². The lowest BCUT2D eigenvalue weighted by molar-refractivity contribution is 0.0967. The van der Waals surface area contributed by atoms with E-state index in [4.69, 9.17) is 0 Å². The molecule has 21 heavy (non-hydrogen) atoms. The molecule has 1 heterocycles. The largest absolute Gasteiger partial charge is 0.301 e. The molecular weight excluding hydrogens is 256 g/mol. The SMILES string of the molecule is CC.Cc1ccc(CN2CCN(CC3CCC3)CC2)cc1. The molecule has 2 nitrogen and oxygen atoms in total. The average molecular weight is 288 g/mol. The van der Waals surface area contributed by atoms with Gasteiger partial charge in [0.2, 0.25) is 0 Å². The molecule has 2 heteroatoms. The zero-order valence-electron chi connectivity index (χ0n) is 14.1. The van der Waals surface area contributed by atoms with Gasteiger partial charge in [0, 0.05) is 39.3 Å². The van der Waals surface area contributed by atoms with Gasteiger partial charge in [-0.2, -0.15) is 0 Å². The molecule has 0 amide bonds. The average Bonchev–Trinajstić information content (AvgIpc) is 2.49. The summed E-state index contributed by atoms with van der Waals surface area (Å²) < 4.78 is 0. The molecule has 1 aromatic carbocycles. The summed E-state index contributed by atoms with van der Waals surface area (Å²) in [6, 6.07) is 9.00. The Bertz CT molecular complexity index is 387. The van der Waals surface area contributed by atoms with Crippen molar-refractivity contribution in [2.24, 2.45) is 5.92 Å². The second-order valence-corrected chi connectivity index (χ2v) is 6.36. The van der Waals surface area contributed by atoms with Crippen LogP contribution in [0.4, 0.5) is 0 Å². The lowest BCUT2D eigenvalue weighted by Gasteiger charge is -2.38. The molecule has 1 aromatic rings. The van der Waals surface area contributed by atoms with Crippen LogP contribution in [0.15, 0.2) is 24.3 Å². The Kier molecular flexibility index (Phi) is 6.72. The molecular formula is C19H32N2. The van der Waals surface area contributed by atoms with Crippen molar-refractivity contribution in [3.8, 4) is 0 Å². The van der Waals surface area contributed by atoms with E-state index in [0.717, 1.165) is 12.5 Å². The molecule has 3 rings (SSSR count). The highest BCUT2D eigenvalue weighted by Crippen LogP contribution is 2.27. The highest BCUT2D eigenvalue weighted by atomic mass is 15.3. The summed E-state index contributed by atoms with van der Waals surface area (Å²) in [5.74, 6) is 1.02. The molecule has 0 radical (unpaired) electrons. The molecule has 0 atom stereocenters. The van der Waals surface area contributed by atoms with Gasteiger partial charge in [0.25, 0.3) is 0 Å². The van der Waals surface area contributed by atoms with Crippen molar-refractivity contribution in [1.29, 1.82) is 0 Å². The van der Waals surface area contributed by atoms with Gasteiger partial charge in [-0.15, -0.1) is 0 Å². The molecule has 1 saturated heterocycles. The van der Waals surface area contributed by atoms with Gasteiger partial charge < -0.3 is 4.90 Å². The van der Waals surface area contributed by atoms with E-state index in [0.29, 0.717) is 0 Å². The van der Waals surface area contributed by atoms with Crippen LogP contribution in [0.5, 0.6) is 0 Å². The summed E-state index contributed by atoms with van der Waals surface area (Å²) in [5.41, 5.74) is 2.81. The minimum absolute atomic E-state index is 1.02. The summed E-state index contributed by atoms with van der Waals surface area (Å²) in [7, 11) is 0. The minimum Gasteiger partial charge on any atom is -0.301 e. The number of aryl methyl sites for hydroxylation is 1. The molecule has 118 valence electrons. The second kappa shape index (κ2) is 8.55. The summed E-state index contributed by atoms with van der Waals surface area (Å²) in [4.78, 5) is 5.28. The fourth-order valence-electron chi connectivity index (χ4n) is 3.12. The molecule has 1 aliphatic carbocycles. The molecule has 2 aliphatic rings. The molecule has 0 bridgehead atoms. The van der Waals surface area contributed by atoms with Crippen LogP contribution in [0.25, 0.3) is 0 Å². The number of benzene rings is 1. The molecule has 1 saturated carbocycles. The van der Waals surface area contributed by atoms with Crippen molar-refractivity contribution < 1.29 is 0 Å². The number of rotatable bonds is 4. The van der Waals surface area contributed by atoms with Gasteiger partial charge in [0.15, 0.2) is 0 Å². The highest BCUT2D eigenvalue weighted by Gasteiger charge is 2.23. The third kappa shape index (κ3) is 5.12. The van der Waals surface area contributed by atoms with E-state index in [1.807, 2.05) is 13.8 Å². The maximum absolute atomic E-state index is 2.68. The van der Waals surface area contributed by atoms with E-state index < -0.39 is 0 Å². The maximum atomic E-state index is 2.68. The van der Waals surface area contributed by atoms with E-state index >= 15 is 0 Å². The third-order valence-corrected chi connectivity index (χ3v) is 4.73. The van der Waals surface area contributed by atoms with Crippen LogP contribution in [0.1, 0.15) is 44.2 Å². The van der Waals surface area contributed by atoms with Crippen molar-refractivity contribution in [2.45, 2.75) is 46.6 Å². The Morgan fingerprint density at radius 1 is 0.905 bits per heavy atom. The van der Waals surface area contributed by atoms with Crippen LogP contribution in [-0.4, -0.2) is 42.5 Å². The van der Waals surface area contributed by atoms with E-state index in [2.05, 4.69) is 41.0 Å². The van der Waals surface area contributed by atoms with Gasteiger partial charge >= 0.3 is 0 Å². The third-order valence-electron chi connectivity index (χ3n) is 4.73. The molecule has 2 fully saturated rings. The second-order valence-electron chi connectivity index (χ2n) is 6.36. The monoisotopic (exact) mass is 288 g/mol. The highest BCUT2D eigenvalue weighted by molar-refractivity contribution is 5.21. The topological polar surface area (TPSA) is 6.48 Å². The van der Waals surface area contributed by atoms with Gasteiger partial charge in [-0.05, 0) is 31.2 Å². The maximum Gasteiger partial charge on any atom is 0.0234 e. The van der Waals surface area contributed by atoms with Crippen LogP contribution >= 0.6 is 0 Å². The number of nitrogens with zero attached hydrogens (tertiary/aromatic N) is 2. The molecule has 0 N–H and O–H groups in total. The Labute approximate surface area is 131 Å². The summed E-state index contributed by atoms with van der Waals surface area (Å²) in [6.07, 6.45) is 4.42. The van der Waals surface area contributed by atoms with Gasteiger partial charge in [-0.3, -0.25) is 4.90 Å². The van der Waals surface area contributed by atoms with Crippen LogP contribution in [0.3, 0.4) is 0 Å². The Morgan fingerprint density at radius 3 is 2.00 bits per heavy atom. The number of hydrogen-bond donors (Lipinski definition) is 0. The zero-order chi connectivity index (χ0) is 15.1. The standard InChI is InChI=1S/C17H26N2.C2H6/c1-15-5-7-17(8-6-15)14-19-11-9-18(10-12-19)13-16-3-2-4-16;1-2/h5-8,16H,2-4,9-14H2,1H3;1-2H3. The molecule has 0 unspecified atom stereocenters. The summed E-state index contributed by atoms with van der Waals surface area (Å²) in [5, 5.41) is 0. The predicted octanol–water partition coefficient (Wildman–Crippen LogP) is 3.94. The van der Waals surface area contributed by atoms with Gasteiger partial charge in [0.1, 0.15) is 0 Å². The Morgan fingerprint density at radius 2 is 1.48 bits per heavy atom. The van der Waals surface area contributed by atoms with Crippen molar-refractivity contribution >= 4 is 0 Å². The first-order chi connectivity index (χ1) is 10.3.